The van der Waals surface area contributed by atoms with Gasteiger partial charge in [0.25, 0.3) is 5.69 Å². The van der Waals surface area contributed by atoms with Gasteiger partial charge in [-0.05, 0) is 46.2 Å². The Morgan fingerprint density at radius 1 is 1.25 bits per heavy atom. The van der Waals surface area contributed by atoms with Gasteiger partial charge in [-0.1, -0.05) is 12.1 Å². The highest BCUT2D eigenvalue weighted by Gasteiger charge is 2.15. The standard InChI is InChI=1S/C14H14BrN3O2/c1-17(9-11-5-7-16-8-6-11)10-12-3-2-4-13(14(12)15)18(19)20/h2-8H,9-10H2,1H3. The summed E-state index contributed by atoms with van der Waals surface area (Å²) >= 11 is 3.32. The largest absolute Gasteiger partial charge is 0.298 e. The lowest BCUT2D eigenvalue weighted by atomic mass is 10.2. The van der Waals surface area contributed by atoms with Crippen LogP contribution in [0.5, 0.6) is 0 Å². The molecule has 0 saturated carbocycles. The first-order valence-corrected chi connectivity index (χ1v) is 6.86. The third kappa shape index (κ3) is 3.61. The van der Waals surface area contributed by atoms with Crippen LogP contribution in [0.15, 0.2) is 47.2 Å². The van der Waals surface area contributed by atoms with Gasteiger partial charge in [-0.25, -0.2) is 0 Å². The molecule has 104 valence electrons. The van der Waals surface area contributed by atoms with E-state index in [4.69, 9.17) is 0 Å². The van der Waals surface area contributed by atoms with Crippen LogP contribution in [0.4, 0.5) is 5.69 Å². The van der Waals surface area contributed by atoms with Crippen molar-refractivity contribution in [3.05, 3.63) is 68.4 Å². The zero-order valence-corrected chi connectivity index (χ0v) is 12.6. The van der Waals surface area contributed by atoms with E-state index in [1.165, 1.54) is 6.07 Å². The van der Waals surface area contributed by atoms with Crippen LogP contribution in [0, 0.1) is 10.1 Å². The summed E-state index contributed by atoms with van der Waals surface area (Å²) in [7, 11) is 1.98. The quantitative estimate of drug-likeness (QED) is 0.620. The Labute approximate surface area is 125 Å². The smallest absolute Gasteiger partial charge is 0.283 e. The van der Waals surface area contributed by atoms with E-state index >= 15 is 0 Å². The van der Waals surface area contributed by atoms with E-state index in [-0.39, 0.29) is 10.6 Å². The van der Waals surface area contributed by atoms with Crippen LogP contribution in [-0.2, 0) is 13.1 Å². The molecule has 0 atom stereocenters. The minimum atomic E-state index is -0.379. The van der Waals surface area contributed by atoms with Gasteiger partial charge >= 0.3 is 0 Å². The summed E-state index contributed by atoms with van der Waals surface area (Å²) in [4.78, 5) is 16.6. The SMILES string of the molecule is CN(Cc1ccncc1)Cc1cccc([N+](=O)[O-])c1Br. The number of hydrogen-bond donors (Lipinski definition) is 0. The molecule has 0 bridgehead atoms. The van der Waals surface area contributed by atoms with Crippen LogP contribution >= 0.6 is 15.9 Å². The van der Waals surface area contributed by atoms with Gasteiger partial charge in [0, 0.05) is 31.5 Å². The van der Waals surface area contributed by atoms with E-state index in [0.29, 0.717) is 11.0 Å². The third-order valence-electron chi connectivity index (χ3n) is 2.90. The van der Waals surface area contributed by atoms with Gasteiger partial charge in [0.05, 0.1) is 9.40 Å². The fourth-order valence-electron chi connectivity index (χ4n) is 1.98. The Bertz CT molecular complexity index is 605. The second-order valence-electron chi connectivity index (χ2n) is 4.54. The number of nitro groups is 1. The van der Waals surface area contributed by atoms with Gasteiger partial charge in [-0.15, -0.1) is 0 Å². The molecule has 0 aliphatic heterocycles. The van der Waals surface area contributed by atoms with Crippen molar-refractivity contribution in [3.8, 4) is 0 Å². The number of nitrogens with zero attached hydrogens (tertiary/aromatic N) is 3. The van der Waals surface area contributed by atoms with Crippen LogP contribution in [-0.4, -0.2) is 21.9 Å². The highest BCUT2D eigenvalue weighted by molar-refractivity contribution is 9.10. The lowest BCUT2D eigenvalue weighted by Crippen LogP contribution is -2.17. The Balaban J connectivity index is 2.10. The van der Waals surface area contributed by atoms with E-state index in [1.807, 2.05) is 25.2 Å². The minimum Gasteiger partial charge on any atom is -0.298 e. The van der Waals surface area contributed by atoms with Crippen LogP contribution in [0.3, 0.4) is 0 Å². The molecule has 2 aromatic rings. The van der Waals surface area contributed by atoms with Crippen molar-refractivity contribution in [2.45, 2.75) is 13.1 Å². The van der Waals surface area contributed by atoms with Crippen molar-refractivity contribution < 1.29 is 4.92 Å². The second kappa shape index (κ2) is 6.58. The molecule has 0 aliphatic carbocycles. The molecular formula is C14H14BrN3O2. The average Bonchev–Trinajstić information content (AvgIpc) is 2.42. The van der Waals surface area contributed by atoms with Crippen molar-refractivity contribution in [2.75, 3.05) is 7.05 Å². The Morgan fingerprint density at radius 2 is 1.95 bits per heavy atom. The van der Waals surface area contributed by atoms with Crippen molar-refractivity contribution in [1.29, 1.82) is 0 Å². The number of halogens is 1. The predicted molar refractivity (Wildman–Crippen MR) is 80.2 cm³/mol. The van der Waals surface area contributed by atoms with Crippen molar-refractivity contribution in [3.63, 3.8) is 0 Å². The fraction of sp³-hybridized carbons (Fsp3) is 0.214. The summed E-state index contributed by atoms with van der Waals surface area (Å²) in [5, 5.41) is 10.9. The minimum absolute atomic E-state index is 0.0970. The molecule has 1 heterocycles. The molecule has 0 N–H and O–H groups in total. The highest BCUT2D eigenvalue weighted by atomic mass is 79.9. The molecule has 0 spiro atoms. The topological polar surface area (TPSA) is 59.3 Å². The predicted octanol–water partition coefficient (Wildman–Crippen LogP) is 3.38. The summed E-state index contributed by atoms with van der Waals surface area (Å²) in [6, 6.07) is 9.01. The van der Waals surface area contributed by atoms with E-state index in [9.17, 15) is 10.1 Å². The Morgan fingerprint density at radius 3 is 2.60 bits per heavy atom. The van der Waals surface area contributed by atoms with E-state index in [2.05, 4.69) is 25.8 Å². The lowest BCUT2D eigenvalue weighted by molar-refractivity contribution is -0.385. The van der Waals surface area contributed by atoms with Crippen molar-refractivity contribution in [1.82, 2.24) is 9.88 Å². The molecule has 6 heteroatoms. The molecule has 0 radical (unpaired) electrons. The lowest BCUT2D eigenvalue weighted by Gasteiger charge is -2.17. The van der Waals surface area contributed by atoms with Crippen molar-refractivity contribution in [2.24, 2.45) is 0 Å². The zero-order chi connectivity index (χ0) is 14.5. The van der Waals surface area contributed by atoms with Gasteiger partial charge in [0.1, 0.15) is 0 Å². The molecule has 0 aliphatic rings. The van der Waals surface area contributed by atoms with Gasteiger partial charge < -0.3 is 0 Å². The maximum Gasteiger partial charge on any atom is 0.283 e. The van der Waals surface area contributed by atoms with Crippen LogP contribution in [0.25, 0.3) is 0 Å². The number of nitro benzene ring substituents is 1. The average molecular weight is 336 g/mol. The number of benzene rings is 1. The van der Waals surface area contributed by atoms with E-state index in [1.54, 1.807) is 18.5 Å². The van der Waals surface area contributed by atoms with Crippen LogP contribution in [0.1, 0.15) is 11.1 Å². The zero-order valence-electron chi connectivity index (χ0n) is 11.0. The molecular weight excluding hydrogens is 322 g/mol. The van der Waals surface area contributed by atoms with E-state index in [0.717, 1.165) is 17.7 Å². The molecule has 1 aromatic heterocycles. The number of aromatic nitrogens is 1. The first kappa shape index (κ1) is 14.6. The number of rotatable bonds is 5. The Kier molecular flexibility index (Phi) is 4.81. The Hall–Kier alpha value is -1.79. The van der Waals surface area contributed by atoms with Crippen molar-refractivity contribution >= 4 is 21.6 Å². The molecule has 0 saturated heterocycles. The summed E-state index contributed by atoms with van der Waals surface area (Å²) in [5.41, 5.74) is 2.15. The second-order valence-corrected chi connectivity index (χ2v) is 5.33. The summed E-state index contributed by atoms with van der Waals surface area (Å²) in [5.74, 6) is 0. The van der Waals surface area contributed by atoms with E-state index < -0.39 is 0 Å². The molecule has 20 heavy (non-hydrogen) atoms. The fourth-order valence-corrected chi connectivity index (χ4v) is 2.51. The van der Waals surface area contributed by atoms with Gasteiger partial charge in [0.15, 0.2) is 0 Å². The highest BCUT2D eigenvalue weighted by Crippen LogP contribution is 2.29. The normalized spacial score (nSPS) is 10.8. The van der Waals surface area contributed by atoms with Gasteiger partial charge in [-0.2, -0.15) is 0 Å². The first-order valence-electron chi connectivity index (χ1n) is 6.07. The summed E-state index contributed by atoms with van der Waals surface area (Å²) < 4.78 is 0.548. The number of pyridine rings is 1. The van der Waals surface area contributed by atoms with Gasteiger partial charge in [-0.3, -0.25) is 20.0 Å². The molecule has 1 aromatic carbocycles. The maximum absolute atomic E-state index is 10.9. The molecule has 0 unspecified atom stereocenters. The first-order chi connectivity index (χ1) is 9.58. The molecule has 0 amide bonds. The van der Waals surface area contributed by atoms with Crippen LogP contribution < -0.4 is 0 Å². The molecule has 5 nitrogen and oxygen atoms in total. The summed E-state index contributed by atoms with van der Waals surface area (Å²) in [6.45, 7) is 1.39. The number of hydrogen-bond acceptors (Lipinski definition) is 4. The molecule has 0 fully saturated rings. The third-order valence-corrected chi connectivity index (χ3v) is 3.81. The summed E-state index contributed by atoms with van der Waals surface area (Å²) in [6.07, 6.45) is 3.51. The van der Waals surface area contributed by atoms with Gasteiger partial charge in [0.2, 0.25) is 0 Å². The van der Waals surface area contributed by atoms with Crippen LogP contribution in [0.2, 0.25) is 0 Å². The molecule has 2 rings (SSSR count). The maximum atomic E-state index is 10.9. The monoisotopic (exact) mass is 335 g/mol.